The molecule has 0 aromatic heterocycles. The Hall–Kier alpha value is -3.29. The van der Waals surface area contributed by atoms with Gasteiger partial charge in [-0.05, 0) is 71.4 Å². The van der Waals surface area contributed by atoms with E-state index >= 15 is 0 Å². The van der Waals surface area contributed by atoms with Crippen LogP contribution in [0.5, 0.6) is 11.5 Å². The summed E-state index contributed by atoms with van der Waals surface area (Å²) in [6.45, 7) is 0.173. The number of imide groups is 1. The second kappa shape index (κ2) is 9.46. The van der Waals surface area contributed by atoms with Gasteiger partial charge in [0.05, 0.1) is 17.7 Å². The number of carbonyl (C=O) groups is 2. The van der Waals surface area contributed by atoms with Gasteiger partial charge in [-0.15, -0.1) is 0 Å². The summed E-state index contributed by atoms with van der Waals surface area (Å²) in [6, 6.07) is 17.9. The van der Waals surface area contributed by atoms with Crippen LogP contribution < -0.4 is 14.4 Å². The second-order valence-electron chi connectivity index (χ2n) is 6.83. The molecule has 0 saturated carbocycles. The quantitative estimate of drug-likeness (QED) is 0.396. The summed E-state index contributed by atoms with van der Waals surface area (Å²) < 4.78 is 24.5. The summed E-state index contributed by atoms with van der Waals surface area (Å²) in [7, 11) is 1.50. The Kier molecular flexibility index (Phi) is 6.48. The van der Waals surface area contributed by atoms with Crippen LogP contribution in [0.15, 0.2) is 71.6 Å². The molecule has 5 nitrogen and oxygen atoms in total. The minimum absolute atomic E-state index is 0.173. The summed E-state index contributed by atoms with van der Waals surface area (Å²) in [5.41, 5.74) is 1.77. The molecule has 3 aromatic rings. The summed E-state index contributed by atoms with van der Waals surface area (Å²) in [5.74, 6) is 0.165. The van der Waals surface area contributed by atoms with Crippen molar-refractivity contribution >= 4 is 46.3 Å². The molecular weight excluding hydrogens is 453 g/mol. The van der Waals surface area contributed by atoms with Gasteiger partial charge < -0.3 is 9.47 Å². The monoisotopic (exact) mass is 469 g/mol. The third-order valence-corrected chi connectivity index (χ3v) is 5.73. The third kappa shape index (κ3) is 4.79. The van der Waals surface area contributed by atoms with Crippen LogP contribution in [0, 0.1) is 5.82 Å². The first kappa shape index (κ1) is 21.9. The molecule has 0 spiro atoms. The number of hydrogen-bond donors (Lipinski definition) is 0. The molecule has 0 atom stereocenters. The van der Waals surface area contributed by atoms with E-state index in [1.54, 1.807) is 60.7 Å². The van der Waals surface area contributed by atoms with E-state index in [-0.39, 0.29) is 17.3 Å². The molecule has 0 bridgehead atoms. The third-order valence-electron chi connectivity index (χ3n) is 4.63. The smallest absolute Gasteiger partial charge is 0.298 e. The number of methoxy groups -OCH3 is 1. The lowest BCUT2D eigenvalue weighted by Crippen LogP contribution is -2.27. The van der Waals surface area contributed by atoms with Crippen molar-refractivity contribution in [2.75, 3.05) is 12.0 Å². The van der Waals surface area contributed by atoms with Crippen molar-refractivity contribution in [2.24, 2.45) is 0 Å². The van der Waals surface area contributed by atoms with Crippen LogP contribution >= 0.6 is 23.4 Å². The van der Waals surface area contributed by atoms with Crippen molar-refractivity contribution in [3.05, 3.63) is 93.6 Å². The standard InChI is InChI=1S/C24H17ClFNO4S/c1-30-21-11-15(8-9-20(21)31-14-16-4-2-6-18(26)10-16)12-22-23(28)27(24(29)32-22)19-7-3-5-17(25)13-19/h2-13H,14H2,1H3. The lowest BCUT2D eigenvalue weighted by molar-refractivity contribution is -0.113. The highest BCUT2D eigenvalue weighted by molar-refractivity contribution is 8.19. The SMILES string of the molecule is COc1cc(C=C2SC(=O)N(c3cccc(Cl)c3)C2=O)ccc1OCc1cccc(F)c1. The number of rotatable bonds is 6. The Balaban J connectivity index is 1.53. The van der Waals surface area contributed by atoms with Crippen molar-refractivity contribution in [2.45, 2.75) is 6.61 Å². The van der Waals surface area contributed by atoms with E-state index in [0.29, 0.717) is 33.3 Å². The van der Waals surface area contributed by atoms with Crippen LogP contribution in [0.25, 0.3) is 6.08 Å². The van der Waals surface area contributed by atoms with Crippen molar-refractivity contribution in [3.63, 3.8) is 0 Å². The molecule has 1 heterocycles. The van der Waals surface area contributed by atoms with Crippen molar-refractivity contribution < 1.29 is 23.5 Å². The number of anilines is 1. The van der Waals surface area contributed by atoms with Crippen LogP contribution in [-0.2, 0) is 11.4 Å². The predicted octanol–water partition coefficient (Wildman–Crippen LogP) is 6.31. The Morgan fingerprint density at radius 1 is 1.03 bits per heavy atom. The molecule has 1 aliphatic heterocycles. The summed E-state index contributed by atoms with van der Waals surface area (Å²) in [4.78, 5) is 26.6. The molecule has 32 heavy (non-hydrogen) atoms. The first-order valence-electron chi connectivity index (χ1n) is 9.53. The molecule has 2 amide bonds. The van der Waals surface area contributed by atoms with E-state index in [1.165, 1.54) is 19.2 Å². The molecule has 162 valence electrons. The average Bonchev–Trinajstić information content (AvgIpc) is 3.05. The van der Waals surface area contributed by atoms with Gasteiger partial charge in [-0.25, -0.2) is 9.29 Å². The maximum absolute atomic E-state index is 13.3. The molecule has 1 saturated heterocycles. The van der Waals surface area contributed by atoms with Gasteiger partial charge in [0, 0.05) is 5.02 Å². The van der Waals surface area contributed by atoms with E-state index in [9.17, 15) is 14.0 Å². The Bertz CT molecular complexity index is 1230. The fraction of sp³-hybridized carbons (Fsp3) is 0.0833. The number of thioether (sulfide) groups is 1. The number of halogens is 2. The number of amides is 2. The van der Waals surface area contributed by atoms with Gasteiger partial charge in [-0.1, -0.05) is 35.9 Å². The Labute approximate surface area is 193 Å². The zero-order valence-electron chi connectivity index (χ0n) is 16.9. The molecule has 0 unspecified atom stereocenters. The summed E-state index contributed by atoms with van der Waals surface area (Å²) in [5, 5.41) is 0.0367. The highest BCUT2D eigenvalue weighted by Crippen LogP contribution is 2.37. The minimum atomic E-state index is -0.423. The van der Waals surface area contributed by atoms with Crippen molar-refractivity contribution in [3.8, 4) is 11.5 Å². The highest BCUT2D eigenvalue weighted by Gasteiger charge is 2.36. The summed E-state index contributed by atoms with van der Waals surface area (Å²) in [6.07, 6.45) is 1.62. The van der Waals surface area contributed by atoms with E-state index < -0.39 is 11.1 Å². The van der Waals surface area contributed by atoms with E-state index in [4.69, 9.17) is 21.1 Å². The molecule has 3 aromatic carbocycles. The van der Waals surface area contributed by atoms with Gasteiger partial charge >= 0.3 is 0 Å². The zero-order valence-corrected chi connectivity index (χ0v) is 18.5. The van der Waals surface area contributed by atoms with Crippen LogP contribution in [0.1, 0.15) is 11.1 Å². The van der Waals surface area contributed by atoms with Gasteiger partial charge in [0.15, 0.2) is 11.5 Å². The highest BCUT2D eigenvalue weighted by atomic mass is 35.5. The van der Waals surface area contributed by atoms with Gasteiger partial charge in [0.25, 0.3) is 11.1 Å². The van der Waals surface area contributed by atoms with Crippen LogP contribution in [0.2, 0.25) is 5.02 Å². The zero-order chi connectivity index (χ0) is 22.7. The van der Waals surface area contributed by atoms with Gasteiger partial charge in [0.1, 0.15) is 12.4 Å². The van der Waals surface area contributed by atoms with Gasteiger partial charge in [-0.2, -0.15) is 0 Å². The van der Waals surface area contributed by atoms with Crippen LogP contribution in [0.4, 0.5) is 14.9 Å². The number of nitrogens with zero attached hydrogens (tertiary/aromatic N) is 1. The normalized spacial score (nSPS) is 14.8. The Morgan fingerprint density at radius 2 is 1.84 bits per heavy atom. The van der Waals surface area contributed by atoms with Crippen LogP contribution in [0.3, 0.4) is 0 Å². The maximum Gasteiger partial charge on any atom is 0.298 e. The number of benzene rings is 3. The molecule has 0 radical (unpaired) electrons. The lowest BCUT2D eigenvalue weighted by atomic mass is 10.1. The maximum atomic E-state index is 13.3. The lowest BCUT2D eigenvalue weighted by Gasteiger charge is -2.12. The number of hydrogen-bond acceptors (Lipinski definition) is 5. The first-order chi connectivity index (χ1) is 15.4. The van der Waals surface area contributed by atoms with Crippen molar-refractivity contribution in [1.82, 2.24) is 0 Å². The van der Waals surface area contributed by atoms with Gasteiger partial charge in [-0.3, -0.25) is 9.59 Å². The Morgan fingerprint density at radius 3 is 2.59 bits per heavy atom. The molecule has 8 heteroatoms. The van der Waals surface area contributed by atoms with E-state index in [1.807, 2.05) is 0 Å². The largest absolute Gasteiger partial charge is 0.493 e. The predicted molar refractivity (Wildman–Crippen MR) is 124 cm³/mol. The molecule has 0 aliphatic carbocycles. The number of ether oxygens (including phenoxy) is 2. The fourth-order valence-electron chi connectivity index (χ4n) is 3.14. The minimum Gasteiger partial charge on any atom is -0.493 e. The van der Waals surface area contributed by atoms with E-state index in [2.05, 4.69) is 0 Å². The number of carbonyl (C=O) groups excluding carboxylic acids is 2. The fourth-order valence-corrected chi connectivity index (χ4v) is 4.16. The molecule has 1 fully saturated rings. The average molecular weight is 470 g/mol. The van der Waals surface area contributed by atoms with Crippen molar-refractivity contribution in [1.29, 1.82) is 0 Å². The molecule has 1 aliphatic rings. The van der Waals surface area contributed by atoms with Gasteiger partial charge in [0.2, 0.25) is 0 Å². The van der Waals surface area contributed by atoms with Crippen LogP contribution in [-0.4, -0.2) is 18.3 Å². The van der Waals surface area contributed by atoms with E-state index in [0.717, 1.165) is 16.7 Å². The molecule has 4 rings (SSSR count). The molecule has 0 N–H and O–H groups in total. The topological polar surface area (TPSA) is 55.8 Å². The summed E-state index contributed by atoms with van der Waals surface area (Å²) >= 11 is 6.84. The first-order valence-corrected chi connectivity index (χ1v) is 10.7. The second-order valence-corrected chi connectivity index (χ2v) is 8.26. The molecular formula is C24H17ClFNO4S.